The zero-order chi connectivity index (χ0) is 14.1. The second kappa shape index (κ2) is 5.48. The van der Waals surface area contributed by atoms with Crippen molar-refractivity contribution in [1.29, 1.82) is 0 Å². The summed E-state index contributed by atoms with van der Waals surface area (Å²) in [5, 5.41) is 3.51. The van der Waals surface area contributed by atoms with Crippen molar-refractivity contribution in [1.82, 2.24) is 9.88 Å². The Hall–Kier alpha value is -1.49. The van der Waals surface area contributed by atoms with Gasteiger partial charge in [-0.25, -0.2) is 0 Å². The highest BCUT2D eigenvalue weighted by molar-refractivity contribution is 5.54. The van der Waals surface area contributed by atoms with Gasteiger partial charge in [0.2, 0.25) is 5.88 Å². The summed E-state index contributed by atoms with van der Waals surface area (Å²) in [6, 6.07) is 5.13. The van der Waals surface area contributed by atoms with E-state index in [0.29, 0.717) is 17.6 Å². The number of nitrogens with one attached hydrogen (secondary N) is 1. The molecule has 1 aliphatic heterocycles. The van der Waals surface area contributed by atoms with Crippen molar-refractivity contribution in [2.24, 2.45) is 0 Å². The van der Waals surface area contributed by atoms with E-state index < -0.39 is 0 Å². The Balaban J connectivity index is 1.62. The average molecular weight is 276 g/mol. The van der Waals surface area contributed by atoms with Crippen LogP contribution in [0.4, 0.5) is 11.5 Å². The molecule has 20 heavy (non-hydrogen) atoms. The minimum atomic E-state index is 0.0805. The SMILES string of the molecule is CC(C)Oc1nc(NC2CCN(C3CC3)C2)ccc1N. The topological polar surface area (TPSA) is 63.4 Å². The van der Waals surface area contributed by atoms with Gasteiger partial charge in [0.1, 0.15) is 5.82 Å². The predicted molar refractivity (Wildman–Crippen MR) is 81.0 cm³/mol. The van der Waals surface area contributed by atoms with Gasteiger partial charge < -0.3 is 15.8 Å². The second-order valence-corrected chi connectivity index (χ2v) is 6.11. The van der Waals surface area contributed by atoms with Crippen molar-refractivity contribution < 1.29 is 4.74 Å². The summed E-state index contributed by atoms with van der Waals surface area (Å²) in [5.41, 5.74) is 6.49. The molecule has 2 aliphatic rings. The third-order valence-electron chi connectivity index (χ3n) is 3.87. The van der Waals surface area contributed by atoms with Crippen LogP contribution in [-0.4, -0.2) is 41.2 Å². The quantitative estimate of drug-likeness (QED) is 0.862. The third kappa shape index (κ3) is 3.15. The maximum atomic E-state index is 5.89. The molecule has 0 bridgehead atoms. The predicted octanol–water partition coefficient (Wildman–Crippen LogP) is 2.10. The monoisotopic (exact) mass is 276 g/mol. The smallest absolute Gasteiger partial charge is 0.239 e. The van der Waals surface area contributed by atoms with Gasteiger partial charge in [0.05, 0.1) is 11.8 Å². The molecule has 2 heterocycles. The fraction of sp³-hybridized carbons (Fsp3) is 0.667. The molecule has 1 saturated carbocycles. The molecule has 0 spiro atoms. The number of anilines is 2. The number of rotatable bonds is 5. The summed E-state index contributed by atoms with van der Waals surface area (Å²) in [4.78, 5) is 7.07. The van der Waals surface area contributed by atoms with Gasteiger partial charge in [-0.15, -0.1) is 0 Å². The van der Waals surface area contributed by atoms with Crippen LogP contribution in [0.25, 0.3) is 0 Å². The summed E-state index contributed by atoms with van der Waals surface area (Å²) >= 11 is 0. The Bertz CT molecular complexity index is 473. The maximum absolute atomic E-state index is 5.89. The molecule has 3 rings (SSSR count). The minimum absolute atomic E-state index is 0.0805. The molecule has 2 fully saturated rings. The largest absolute Gasteiger partial charge is 0.473 e. The first-order valence-corrected chi connectivity index (χ1v) is 7.55. The average Bonchev–Trinajstić information content (AvgIpc) is 3.14. The molecule has 1 atom stereocenters. The van der Waals surface area contributed by atoms with Crippen LogP contribution in [0, 0.1) is 0 Å². The maximum Gasteiger partial charge on any atom is 0.239 e. The number of likely N-dealkylation sites (tertiary alicyclic amines) is 1. The van der Waals surface area contributed by atoms with Gasteiger partial charge in [-0.3, -0.25) is 4.90 Å². The molecular weight excluding hydrogens is 252 g/mol. The van der Waals surface area contributed by atoms with Gasteiger partial charge in [0.15, 0.2) is 0 Å². The molecular formula is C15H24N4O. The van der Waals surface area contributed by atoms with Crippen LogP contribution in [0.5, 0.6) is 5.88 Å². The molecule has 1 aromatic rings. The lowest BCUT2D eigenvalue weighted by molar-refractivity contribution is 0.234. The van der Waals surface area contributed by atoms with Crippen molar-refractivity contribution in [2.45, 2.75) is 51.3 Å². The Morgan fingerprint density at radius 1 is 1.35 bits per heavy atom. The van der Waals surface area contributed by atoms with E-state index in [4.69, 9.17) is 10.5 Å². The van der Waals surface area contributed by atoms with Gasteiger partial charge in [0, 0.05) is 25.2 Å². The molecule has 3 N–H and O–H groups in total. The number of nitrogens with zero attached hydrogens (tertiary/aromatic N) is 2. The molecule has 1 aromatic heterocycles. The van der Waals surface area contributed by atoms with Gasteiger partial charge in [-0.05, 0) is 45.2 Å². The molecule has 0 aromatic carbocycles. The highest BCUT2D eigenvalue weighted by Gasteiger charge is 2.34. The van der Waals surface area contributed by atoms with Gasteiger partial charge in [-0.2, -0.15) is 4.98 Å². The second-order valence-electron chi connectivity index (χ2n) is 6.11. The van der Waals surface area contributed by atoms with E-state index in [2.05, 4.69) is 15.2 Å². The number of ether oxygens (including phenoxy) is 1. The third-order valence-corrected chi connectivity index (χ3v) is 3.87. The lowest BCUT2D eigenvalue weighted by Gasteiger charge is -2.17. The molecule has 5 heteroatoms. The Morgan fingerprint density at radius 3 is 2.85 bits per heavy atom. The van der Waals surface area contributed by atoms with E-state index in [1.165, 1.54) is 25.8 Å². The van der Waals surface area contributed by atoms with Crippen LogP contribution >= 0.6 is 0 Å². The lowest BCUT2D eigenvalue weighted by atomic mass is 10.2. The molecule has 110 valence electrons. The number of aromatic nitrogens is 1. The van der Waals surface area contributed by atoms with E-state index in [1.54, 1.807) is 0 Å². The molecule has 1 aliphatic carbocycles. The molecule has 0 radical (unpaired) electrons. The standard InChI is InChI=1S/C15H24N4O/c1-10(2)20-15-13(16)5-6-14(18-15)17-11-7-8-19(9-11)12-3-4-12/h5-6,10-12H,3-4,7-9,16H2,1-2H3,(H,17,18). The van der Waals surface area contributed by atoms with Crippen LogP contribution in [0.1, 0.15) is 33.1 Å². The summed E-state index contributed by atoms with van der Waals surface area (Å²) in [7, 11) is 0. The van der Waals surface area contributed by atoms with Gasteiger partial charge in [-0.1, -0.05) is 0 Å². The van der Waals surface area contributed by atoms with Crippen LogP contribution < -0.4 is 15.8 Å². The minimum Gasteiger partial charge on any atom is -0.473 e. The molecule has 5 nitrogen and oxygen atoms in total. The first-order chi connectivity index (χ1) is 9.61. The van der Waals surface area contributed by atoms with Crippen molar-refractivity contribution in [3.05, 3.63) is 12.1 Å². The first kappa shape index (κ1) is 13.5. The highest BCUT2D eigenvalue weighted by Crippen LogP contribution is 2.31. The summed E-state index contributed by atoms with van der Waals surface area (Å²) in [6.45, 7) is 6.28. The number of hydrogen-bond acceptors (Lipinski definition) is 5. The fourth-order valence-corrected chi connectivity index (χ4v) is 2.73. The van der Waals surface area contributed by atoms with E-state index >= 15 is 0 Å². The van der Waals surface area contributed by atoms with Crippen LogP contribution in [0.3, 0.4) is 0 Å². The summed E-state index contributed by atoms with van der Waals surface area (Å²) in [5.74, 6) is 1.39. The zero-order valence-corrected chi connectivity index (χ0v) is 12.3. The van der Waals surface area contributed by atoms with E-state index in [9.17, 15) is 0 Å². The van der Waals surface area contributed by atoms with E-state index in [1.807, 2.05) is 26.0 Å². The number of nitrogens with two attached hydrogens (primary N) is 1. The van der Waals surface area contributed by atoms with Crippen molar-refractivity contribution >= 4 is 11.5 Å². The fourth-order valence-electron chi connectivity index (χ4n) is 2.73. The molecule has 1 saturated heterocycles. The first-order valence-electron chi connectivity index (χ1n) is 7.55. The summed E-state index contributed by atoms with van der Waals surface area (Å²) in [6.07, 6.45) is 4.01. The Labute approximate surface area is 120 Å². The van der Waals surface area contributed by atoms with Crippen LogP contribution in [-0.2, 0) is 0 Å². The Morgan fingerprint density at radius 2 is 2.15 bits per heavy atom. The van der Waals surface area contributed by atoms with Crippen molar-refractivity contribution in [3.63, 3.8) is 0 Å². The number of nitrogen functional groups attached to an aromatic ring is 1. The van der Waals surface area contributed by atoms with Crippen LogP contribution in [0.2, 0.25) is 0 Å². The van der Waals surface area contributed by atoms with Gasteiger partial charge in [0.25, 0.3) is 0 Å². The van der Waals surface area contributed by atoms with Gasteiger partial charge >= 0.3 is 0 Å². The van der Waals surface area contributed by atoms with Crippen molar-refractivity contribution in [2.75, 3.05) is 24.1 Å². The van der Waals surface area contributed by atoms with E-state index in [-0.39, 0.29) is 6.10 Å². The molecule has 0 amide bonds. The normalized spacial score (nSPS) is 23.2. The summed E-state index contributed by atoms with van der Waals surface area (Å²) < 4.78 is 5.63. The number of hydrogen-bond donors (Lipinski definition) is 2. The number of pyridine rings is 1. The van der Waals surface area contributed by atoms with Crippen molar-refractivity contribution in [3.8, 4) is 5.88 Å². The van der Waals surface area contributed by atoms with E-state index in [0.717, 1.165) is 18.4 Å². The lowest BCUT2D eigenvalue weighted by Crippen LogP contribution is -2.28. The Kier molecular flexibility index (Phi) is 3.70. The zero-order valence-electron chi connectivity index (χ0n) is 12.3. The van der Waals surface area contributed by atoms with Crippen LogP contribution in [0.15, 0.2) is 12.1 Å². The highest BCUT2D eigenvalue weighted by atomic mass is 16.5. The molecule has 1 unspecified atom stereocenters.